The maximum absolute atomic E-state index is 13.5. The molecule has 0 rings (SSSR count). The molecule has 0 aromatic rings. The van der Waals surface area contributed by atoms with Crippen molar-refractivity contribution < 1.29 is 66.6 Å². The van der Waals surface area contributed by atoms with Gasteiger partial charge in [-0.15, -0.1) is 0 Å². The number of ether oxygens (including phenoxy) is 1. The SMILES string of the molecule is C=C(C)C(=O)OC(C)C(F)(F)C(F)(F)C(F)(F)C(F)(F)C(F)(F)C(F)(F)F. The molecule has 1 atom stereocenters. The van der Waals surface area contributed by atoms with E-state index in [9.17, 15) is 61.9 Å². The molecule has 0 aliphatic carbocycles. The summed E-state index contributed by atoms with van der Waals surface area (Å²) in [6, 6.07) is 0. The molecule has 0 aromatic heterocycles. The first-order valence-electron chi connectivity index (χ1n) is 6.32. The maximum Gasteiger partial charge on any atom is 0.460 e. The lowest BCUT2D eigenvalue weighted by atomic mass is 9.92. The second-order valence-electron chi connectivity index (χ2n) is 5.25. The van der Waals surface area contributed by atoms with Gasteiger partial charge in [0.15, 0.2) is 6.10 Å². The molecule has 0 spiro atoms. The van der Waals surface area contributed by atoms with Crippen LogP contribution in [0.2, 0.25) is 0 Å². The molecule has 0 heterocycles. The molecule has 160 valence electrons. The number of alkyl halides is 13. The van der Waals surface area contributed by atoms with E-state index in [1.807, 2.05) is 0 Å². The van der Waals surface area contributed by atoms with Crippen LogP contribution in [0, 0.1) is 0 Å². The highest BCUT2D eigenvalue weighted by Gasteiger charge is 2.91. The van der Waals surface area contributed by atoms with Crippen molar-refractivity contribution in [3.63, 3.8) is 0 Å². The van der Waals surface area contributed by atoms with Gasteiger partial charge in [0, 0.05) is 5.57 Å². The standard InChI is InChI=1S/C12H9F13O2/c1-4(2)6(26)27-5(3)7(13,14)8(15,16)9(17,18)10(19,20)11(21,22)12(23,24)25/h5H,1H2,2-3H3. The molecule has 0 aliphatic heterocycles. The summed E-state index contributed by atoms with van der Waals surface area (Å²) in [6.45, 7) is 3.37. The molecule has 15 heteroatoms. The summed E-state index contributed by atoms with van der Waals surface area (Å²) in [6.07, 6.45) is -11.1. The fourth-order valence-corrected chi connectivity index (χ4v) is 1.37. The van der Waals surface area contributed by atoms with E-state index in [0.717, 1.165) is 6.92 Å². The van der Waals surface area contributed by atoms with Crippen LogP contribution in [0.5, 0.6) is 0 Å². The predicted molar refractivity (Wildman–Crippen MR) is 61.2 cm³/mol. The molecule has 27 heavy (non-hydrogen) atoms. The second kappa shape index (κ2) is 6.72. The van der Waals surface area contributed by atoms with Gasteiger partial charge in [-0.25, -0.2) is 4.79 Å². The third kappa shape index (κ3) is 3.68. The number of esters is 1. The molecular formula is C12H9F13O2. The van der Waals surface area contributed by atoms with Gasteiger partial charge >= 0.3 is 41.8 Å². The van der Waals surface area contributed by atoms with E-state index < -0.39 is 53.4 Å². The number of hydrogen-bond acceptors (Lipinski definition) is 2. The average molecular weight is 432 g/mol. The lowest BCUT2D eigenvalue weighted by Gasteiger charge is -2.40. The molecule has 0 aliphatic rings. The van der Waals surface area contributed by atoms with Crippen LogP contribution < -0.4 is 0 Å². The van der Waals surface area contributed by atoms with Crippen molar-refractivity contribution in [3.8, 4) is 0 Å². The third-order valence-corrected chi connectivity index (χ3v) is 3.10. The second-order valence-corrected chi connectivity index (χ2v) is 5.25. The van der Waals surface area contributed by atoms with Crippen molar-refractivity contribution in [3.05, 3.63) is 12.2 Å². The number of rotatable bonds is 7. The molecule has 0 fully saturated rings. The van der Waals surface area contributed by atoms with Crippen molar-refractivity contribution in [2.45, 2.75) is 55.7 Å². The molecule has 2 nitrogen and oxygen atoms in total. The normalized spacial score (nSPS) is 16.1. The highest BCUT2D eigenvalue weighted by Crippen LogP contribution is 2.60. The largest absolute Gasteiger partial charge is 0.460 e. The van der Waals surface area contributed by atoms with E-state index in [0.29, 0.717) is 0 Å². The van der Waals surface area contributed by atoms with Gasteiger partial charge in [-0.2, -0.15) is 57.1 Å². The summed E-state index contributed by atoms with van der Waals surface area (Å²) in [7, 11) is 0. The van der Waals surface area contributed by atoms with E-state index in [1.165, 1.54) is 0 Å². The fourth-order valence-electron chi connectivity index (χ4n) is 1.37. The van der Waals surface area contributed by atoms with E-state index in [1.54, 1.807) is 0 Å². The van der Waals surface area contributed by atoms with Crippen LogP contribution in [0.1, 0.15) is 13.8 Å². The van der Waals surface area contributed by atoms with E-state index in [4.69, 9.17) is 0 Å². The van der Waals surface area contributed by atoms with Crippen LogP contribution in [-0.4, -0.2) is 47.9 Å². The Morgan fingerprint density at radius 2 is 1.07 bits per heavy atom. The lowest BCUT2D eigenvalue weighted by Crippen LogP contribution is -2.71. The first kappa shape index (κ1) is 25.3. The molecule has 0 aromatic carbocycles. The number of carbonyl (C=O) groups excluding carboxylic acids is 1. The zero-order valence-electron chi connectivity index (χ0n) is 13.0. The van der Waals surface area contributed by atoms with Gasteiger partial charge in [0.05, 0.1) is 0 Å². The molecule has 0 saturated carbocycles. The van der Waals surface area contributed by atoms with Gasteiger partial charge in [0.1, 0.15) is 0 Å². The molecule has 0 N–H and O–H groups in total. The van der Waals surface area contributed by atoms with Gasteiger partial charge in [-0.3, -0.25) is 0 Å². The lowest BCUT2D eigenvalue weighted by molar-refractivity contribution is -0.443. The average Bonchev–Trinajstić information content (AvgIpc) is 2.44. The number of carbonyl (C=O) groups is 1. The Morgan fingerprint density at radius 1 is 0.741 bits per heavy atom. The molecule has 0 radical (unpaired) electrons. The van der Waals surface area contributed by atoms with E-state index in [2.05, 4.69) is 11.3 Å². The molecule has 0 saturated heterocycles. The van der Waals surface area contributed by atoms with Gasteiger partial charge in [0.2, 0.25) is 0 Å². The van der Waals surface area contributed by atoms with Crippen LogP contribution in [0.15, 0.2) is 12.2 Å². The van der Waals surface area contributed by atoms with E-state index in [-0.39, 0.29) is 6.92 Å². The minimum Gasteiger partial charge on any atom is -0.453 e. The van der Waals surface area contributed by atoms with Gasteiger partial charge in [-0.05, 0) is 13.8 Å². The summed E-state index contributed by atoms with van der Waals surface area (Å²) >= 11 is 0. The van der Waals surface area contributed by atoms with Crippen LogP contribution in [-0.2, 0) is 9.53 Å². The first-order valence-corrected chi connectivity index (χ1v) is 6.32. The highest BCUT2D eigenvalue weighted by atomic mass is 19.4. The van der Waals surface area contributed by atoms with Crippen molar-refractivity contribution in [1.29, 1.82) is 0 Å². The predicted octanol–water partition coefficient (Wildman–Crippen LogP) is 5.23. The molecule has 0 amide bonds. The summed E-state index contributed by atoms with van der Waals surface area (Å²) in [5.41, 5.74) is -0.735. The van der Waals surface area contributed by atoms with Gasteiger partial charge in [0.25, 0.3) is 0 Å². The van der Waals surface area contributed by atoms with Gasteiger partial charge in [-0.1, -0.05) is 6.58 Å². The van der Waals surface area contributed by atoms with Crippen molar-refractivity contribution >= 4 is 5.97 Å². The Hall–Kier alpha value is -1.70. The Morgan fingerprint density at radius 3 is 1.37 bits per heavy atom. The first-order chi connectivity index (χ1) is 11.5. The van der Waals surface area contributed by atoms with Crippen LogP contribution >= 0.6 is 0 Å². The summed E-state index contributed by atoms with van der Waals surface area (Å²) < 4.78 is 171. The van der Waals surface area contributed by atoms with Crippen molar-refractivity contribution in [2.75, 3.05) is 0 Å². The fraction of sp³-hybridized carbons (Fsp3) is 0.750. The maximum atomic E-state index is 13.5. The Bertz CT molecular complexity index is 591. The Labute approximate surface area is 141 Å². The number of halogens is 13. The zero-order valence-corrected chi connectivity index (χ0v) is 13.0. The summed E-state index contributed by atoms with van der Waals surface area (Å²) in [4.78, 5) is 11.0. The van der Waals surface area contributed by atoms with Crippen LogP contribution in [0.3, 0.4) is 0 Å². The molecule has 1 unspecified atom stereocenters. The Kier molecular flexibility index (Phi) is 6.30. The third-order valence-electron chi connectivity index (χ3n) is 3.10. The van der Waals surface area contributed by atoms with Gasteiger partial charge < -0.3 is 4.74 Å². The highest BCUT2D eigenvalue weighted by molar-refractivity contribution is 5.87. The molecular weight excluding hydrogens is 423 g/mol. The zero-order chi connectivity index (χ0) is 22.4. The van der Waals surface area contributed by atoms with Crippen molar-refractivity contribution in [2.24, 2.45) is 0 Å². The molecule has 0 bridgehead atoms. The monoisotopic (exact) mass is 432 g/mol. The topological polar surface area (TPSA) is 26.3 Å². The quantitative estimate of drug-likeness (QED) is 0.313. The summed E-state index contributed by atoms with van der Waals surface area (Å²) in [5.74, 6) is -39.6. The van der Waals surface area contributed by atoms with Crippen LogP contribution in [0.25, 0.3) is 0 Å². The minimum absolute atomic E-state index is 0.203. The smallest absolute Gasteiger partial charge is 0.453 e. The van der Waals surface area contributed by atoms with E-state index >= 15 is 0 Å². The Balaban J connectivity index is 6.22. The minimum atomic E-state index is -8.00. The van der Waals surface area contributed by atoms with Crippen molar-refractivity contribution in [1.82, 2.24) is 0 Å². The summed E-state index contributed by atoms with van der Waals surface area (Å²) in [5, 5.41) is 0. The number of hydrogen-bond donors (Lipinski definition) is 0. The van der Waals surface area contributed by atoms with Crippen LogP contribution in [0.4, 0.5) is 57.1 Å².